The fourth-order valence-corrected chi connectivity index (χ4v) is 1.13. The number of halogens is 1. The number of hydrogen-bond donors (Lipinski definition) is 0. The summed E-state index contributed by atoms with van der Waals surface area (Å²) in [6.45, 7) is 9.42. The average molecular weight is 196 g/mol. The predicted molar refractivity (Wildman–Crippen MR) is 55.0 cm³/mol. The summed E-state index contributed by atoms with van der Waals surface area (Å²) in [7, 11) is 0. The molecule has 0 bridgehead atoms. The first-order chi connectivity index (χ1) is 6.30. The first kappa shape index (κ1) is 11.1. The highest BCUT2D eigenvalue weighted by atomic mass is 19.1. The lowest BCUT2D eigenvalue weighted by Gasteiger charge is -2.18. The molecule has 0 aliphatic heterocycles. The fraction of sp³-hybridized carbons (Fsp3) is 0.636. The van der Waals surface area contributed by atoms with Crippen LogP contribution in [0.1, 0.15) is 51.1 Å². The van der Waals surface area contributed by atoms with Gasteiger partial charge in [0.1, 0.15) is 12.0 Å². The Hall–Kier alpha value is -0.990. The van der Waals surface area contributed by atoms with E-state index < -0.39 is 6.17 Å². The van der Waals surface area contributed by atoms with Gasteiger partial charge in [0.2, 0.25) is 0 Å². The molecule has 0 saturated heterocycles. The van der Waals surface area contributed by atoms with Crippen LogP contribution in [0.2, 0.25) is 0 Å². The van der Waals surface area contributed by atoms with E-state index in [2.05, 4.69) is 9.97 Å². The molecule has 0 aliphatic rings. The monoisotopic (exact) mass is 196 g/mol. The van der Waals surface area contributed by atoms with Crippen molar-refractivity contribution >= 4 is 0 Å². The third-order valence-corrected chi connectivity index (χ3v) is 1.95. The molecule has 1 atom stereocenters. The Kier molecular flexibility index (Phi) is 2.88. The van der Waals surface area contributed by atoms with Crippen LogP contribution in [-0.4, -0.2) is 9.97 Å². The second kappa shape index (κ2) is 3.64. The van der Waals surface area contributed by atoms with Crippen molar-refractivity contribution in [2.75, 3.05) is 0 Å². The summed E-state index contributed by atoms with van der Waals surface area (Å²) >= 11 is 0. The fourth-order valence-electron chi connectivity index (χ4n) is 1.13. The summed E-state index contributed by atoms with van der Waals surface area (Å²) in [6.07, 6.45) is -1.03. The number of nitrogens with zero attached hydrogens (tertiary/aromatic N) is 2. The maximum atomic E-state index is 13.1. The number of aromatic nitrogens is 2. The van der Waals surface area contributed by atoms with Crippen molar-refractivity contribution in [1.82, 2.24) is 9.97 Å². The minimum Gasteiger partial charge on any atom is -0.241 e. The van der Waals surface area contributed by atoms with Gasteiger partial charge in [0.05, 0.1) is 5.69 Å². The van der Waals surface area contributed by atoms with Crippen molar-refractivity contribution < 1.29 is 4.39 Å². The molecule has 14 heavy (non-hydrogen) atoms. The van der Waals surface area contributed by atoms with Crippen LogP contribution in [0.4, 0.5) is 4.39 Å². The Morgan fingerprint density at radius 1 is 1.29 bits per heavy atom. The zero-order valence-corrected chi connectivity index (χ0v) is 9.43. The highest BCUT2D eigenvalue weighted by Gasteiger charge is 2.19. The SMILES string of the molecule is Cc1cc(C(C)F)nc(C(C)(C)C)n1. The van der Waals surface area contributed by atoms with E-state index in [1.165, 1.54) is 6.92 Å². The summed E-state index contributed by atoms with van der Waals surface area (Å²) in [4.78, 5) is 8.53. The van der Waals surface area contributed by atoms with Gasteiger partial charge in [-0.15, -0.1) is 0 Å². The number of aryl methyl sites for hydroxylation is 1. The minimum absolute atomic E-state index is 0.129. The average Bonchev–Trinajstić information content (AvgIpc) is 2.01. The van der Waals surface area contributed by atoms with Gasteiger partial charge >= 0.3 is 0 Å². The molecule has 2 nitrogen and oxygen atoms in total. The van der Waals surface area contributed by atoms with Crippen molar-refractivity contribution in [3.05, 3.63) is 23.3 Å². The lowest BCUT2D eigenvalue weighted by molar-refractivity contribution is 0.361. The van der Waals surface area contributed by atoms with E-state index in [4.69, 9.17) is 0 Å². The highest BCUT2D eigenvalue weighted by molar-refractivity contribution is 5.15. The van der Waals surface area contributed by atoms with Crippen LogP contribution < -0.4 is 0 Å². The van der Waals surface area contributed by atoms with Gasteiger partial charge in [-0.25, -0.2) is 14.4 Å². The van der Waals surface area contributed by atoms with Crippen molar-refractivity contribution in [2.45, 2.75) is 46.2 Å². The van der Waals surface area contributed by atoms with Gasteiger partial charge in [0.25, 0.3) is 0 Å². The molecule has 0 radical (unpaired) electrons. The molecule has 0 saturated carbocycles. The minimum atomic E-state index is -1.03. The molecule has 1 heterocycles. The van der Waals surface area contributed by atoms with Crippen LogP contribution in [0.5, 0.6) is 0 Å². The van der Waals surface area contributed by atoms with Crippen LogP contribution in [-0.2, 0) is 5.41 Å². The van der Waals surface area contributed by atoms with Crippen LogP contribution in [0.15, 0.2) is 6.07 Å². The summed E-state index contributed by atoms with van der Waals surface area (Å²) in [5.41, 5.74) is 1.17. The summed E-state index contributed by atoms with van der Waals surface area (Å²) < 4.78 is 13.1. The molecule has 0 N–H and O–H groups in total. The summed E-state index contributed by atoms with van der Waals surface area (Å²) in [5.74, 6) is 0.706. The number of hydrogen-bond acceptors (Lipinski definition) is 2. The maximum Gasteiger partial charge on any atom is 0.139 e. The third-order valence-electron chi connectivity index (χ3n) is 1.95. The Morgan fingerprint density at radius 3 is 2.29 bits per heavy atom. The number of rotatable bonds is 1. The lowest BCUT2D eigenvalue weighted by Crippen LogP contribution is -2.17. The standard InChI is InChI=1S/C11H17FN2/c1-7-6-9(8(2)12)14-10(13-7)11(3,4)5/h6,8H,1-5H3. The van der Waals surface area contributed by atoms with Gasteiger partial charge in [-0.2, -0.15) is 0 Å². The largest absolute Gasteiger partial charge is 0.241 e. The van der Waals surface area contributed by atoms with Crippen LogP contribution >= 0.6 is 0 Å². The Balaban J connectivity index is 3.21. The smallest absolute Gasteiger partial charge is 0.139 e. The first-order valence-corrected chi connectivity index (χ1v) is 4.81. The molecule has 0 spiro atoms. The Bertz CT molecular complexity index is 327. The third kappa shape index (κ3) is 2.50. The maximum absolute atomic E-state index is 13.1. The lowest BCUT2D eigenvalue weighted by atomic mass is 9.95. The molecule has 0 aromatic carbocycles. The van der Waals surface area contributed by atoms with Gasteiger partial charge in [0.15, 0.2) is 0 Å². The molecule has 1 aromatic rings. The zero-order chi connectivity index (χ0) is 10.9. The van der Waals surface area contributed by atoms with Crippen LogP contribution in [0.25, 0.3) is 0 Å². The normalized spacial score (nSPS) is 14.1. The highest BCUT2D eigenvalue weighted by Crippen LogP contribution is 2.21. The van der Waals surface area contributed by atoms with Gasteiger partial charge in [-0.05, 0) is 19.9 Å². The second-order valence-electron chi connectivity index (χ2n) is 4.62. The number of alkyl halides is 1. The topological polar surface area (TPSA) is 25.8 Å². The molecule has 0 aliphatic carbocycles. The molecular formula is C11H17FN2. The Labute approximate surface area is 84.6 Å². The van der Waals surface area contributed by atoms with E-state index in [-0.39, 0.29) is 5.41 Å². The molecule has 3 heteroatoms. The quantitative estimate of drug-likeness (QED) is 0.689. The van der Waals surface area contributed by atoms with Gasteiger partial charge in [-0.3, -0.25) is 0 Å². The molecule has 0 amide bonds. The van der Waals surface area contributed by atoms with E-state index in [1.54, 1.807) is 6.07 Å². The van der Waals surface area contributed by atoms with Crippen molar-refractivity contribution in [3.8, 4) is 0 Å². The van der Waals surface area contributed by atoms with E-state index in [9.17, 15) is 4.39 Å². The van der Waals surface area contributed by atoms with Gasteiger partial charge < -0.3 is 0 Å². The first-order valence-electron chi connectivity index (χ1n) is 4.81. The molecule has 0 fully saturated rings. The van der Waals surface area contributed by atoms with E-state index in [1.807, 2.05) is 27.7 Å². The molecule has 1 rings (SSSR count). The molecule has 78 valence electrons. The van der Waals surface area contributed by atoms with E-state index >= 15 is 0 Å². The molecule has 1 unspecified atom stereocenters. The molecule has 1 aromatic heterocycles. The van der Waals surface area contributed by atoms with Gasteiger partial charge in [0, 0.05) is 11.1 Å². The van der Waals surface area contributed by atoms with Crippen LogP contribution in [0, 0.1) is 6.92 Å². The van der Waals surface area contributed by atoms with Crippen molar-refractivity contribution in [2.24, 2.45) is 0 Å². The predicted octanol–water partition coefficient (Wildman–Crippen LogP) is 3.11. The molecular weight excluding hydrogens is 179 g/mol. The van der Waals surface area contributed by atoms with Crippen molar-refractivity contribution in [1.29, 1.82) is 0 Å². The van der Waals surface area contributed by atoms with Crippen LogP contribution in [0.3, 0.4) is 0 Å². The van der Waals surface area contributed by atoms with Crippen molar-refractivity contribution in [3.63, 3.8) is 0 Å². The van der Waals surface area contributed by atoms with E-state index in [0.717, 1.165) is 5.69 Å². The van der Waals surface area contributed by atoms with E-state index in [0.29, 0.717) is 11.5 Å². The summed E-state index contributed by atoms with van der Waals surface area (Å²) in [6, 6.07) is 1.69. The van der Waals surface area contributed by atoms with Gasteiger partial charge in [-0.1, -0.05) is 20.8 Å². The summed E-state index contributed by atoms with van der Waals surface area (Å²) in [5, 5.41) is 0. The Morgan fingerprint density at radius 2 is 1.86 bits per heavy atom. The second-order valence-corrected chi connectivity index (χ2v) is 4.62. The zero-order valence-electron chi connectivity index (χ0n) is 9.43.